The van der Waals surface area contributed by atoms with E-state index in [-0.39, 0.29) is 11.1 Å². The maximum absolute atomic E-state index is 5.95. The summed E-state index contributed by atoms with van der Waals surface area (Å²) >= 11 is 5.95. The molecule has 0 bridgehead atoms. The van der Waals surface area contributed by atoms with Crippen molar-refractivity contribution >= 4 is 17.4 Å². The molecule has 4 nitrogen and oxygen atoms in total. The molecule has 1 N–H and O–H groups in total. The summed E-state index contributed by atoms with van der Waals surface area (Å²) in [5, 5.41) is 12.6. The Kier molecular flexibility index (Phi) is 3.22. The molecule has 0 saturated carbocycles. The zero-order valence-corrected chi connectivity index (χ0v) is 13.5. The highest BCUT2D eigenvalue weighted by atomic mass is 35.5. The van der Waals surface area contributed by atoms with E-state index in [4.69, 9.17) is 11.6 Å². The van der Waals surface area contributed by atoms with Crippen molar-refractivity contribution in [1.29, 1.82) is 0 Å². The number of hydrogen-bond acceptors (Lipinski definition) is 4. The van der Waals surface area contributed by atoms with Gasteiger partial charge < -0.3 is 10.2 Å². The van der Waals surface area contributed by atoms with Gasteiger partial charge in [0, 0.05) is 29.2 Å². The van der Waals surface area contributed by atoms with Gasteiger partial charge in [-0.2, -0.15) is 0 Å². The number of halogens is 1. The third-order valence-electron chi connectivity index (χ3n) is 4.32. The number of anilines is 1. The first kappa shape index (κ1) is 14.1. The molecule has 1 aromatic rings. The molecular formula is C15H23ClN4. The Balaban J connectivity index is 1.88. The molecule has 3 heterocycles. The Labute approximate surface area is 125 Å². The van der Waals surface area contributed by atoms with Crippen LogP contribution >= 0.6 is 11.6 Å². The van der Waals surface area contributed by atoms with Gasteiger partial charge in [-0.1, -0.05) is 11.6 Å². The monoisotopic (exact) mass is 294 g/mol. The zero-order valence-electron chi connectivity index (χ0n) is 12.7. The van der Waals surface area contributed by atoms with Gasteiger partial charge in [-0.05, 0) is 53.0 Å². The first-order valence-electron chi connectivity index (χ1n) is 7.34. The van der Waals surface area contributed by atoms with E-state index in [1.807, 2.05) is 6.07 Å². The number of piperidine rings is 1. The fourth-order valence-corrected chi connectivity index (χ4v) is 4.18. The average molecular weight is 295 g/mol. The maximum Gasteiger partial charge on any atom is 0.154 e. The number of aromatic nitrogens is 2. The summed E-state index contributed by atoms with van der Waals surface area (Å²) in [5.41, 5.74) is 1.53. The molecule has 0 atom stereocenters. The summed E-state index contributed by atoms with van der Waals surface area (Å²) in [6.45, 7) is 10.2. The molecule has 2 aliphatic rings. The van der Waals surface area contributed by atoms with Crippen LogP contribution in [0.25, 0.3) is 0 Å². The summed E-state index contributed by atoms with van der Waals surface area (Å²) < 4.78 is 0. The van der Waals surface area contributed by atoms with E-state index in [0.717, 1.165) is 31.6 Å². The molecule has 1 fully saturated rings. The van der Waals surface area contributed by atoms with Crippen LogP contribution in [0.5, 0.6) is 0 Å². The predicted octanol–water partition coefficient (Wildman–Crippen LogP) is 2.80. The molecule has 5 heteroatoms. The van der Waals surface area contributed by atoms with Crippen LogP contribution in [0.1, 0.15) is 46.1 Å². The van der Waals surface area contributed by atoms with Crippen molar-refractivity contribution in [3.05, 3.63) is 16.8 Å². The number of hydrogen-bond donors (Lipinski definition) is 1. The van der Waals surface area contributed by atoms with Crippen LogP contribution in [0.3, 0.4) is 0 Å². The first-order valence-corrected chi connectivity index (χ1v) is 7.72. The lowest BCUT2D eigenvalue weighted by atomic mass is 9.79. The second-order valence-corrected chi connectivity index (χ2v) is 7.80. The van der Waals surface area contributed by atoms with E-state index >= 15 is 0 Å². The molecule has 0 aromatic carbocycles. The summed E-state index contributed by atoms with van der Waals surface area (Å²) in [6.07, 6.45) is 3.27. The molecule has 2 aliphatic heterocycles. The lowest BCUT2D eigenvalue weighted by Gasteiger charge is -2.49. The number of fused-ring (bicyclic) bond motifs is 1. The van der Waals surface area contributed by atoms with E-state index in [1.165, 1.54) is 5.56 Å². The molecule has 1 saturated heterocycles. The lowest BCUT2D eigenvalue weighted by molar-refractivity contribution is 0.159. The van der Waals surface area contributed by atoms with Crippen molar-refractivity contribution in [1.82, 2.24) is 15.5 Å². The molecular weight excluding hydrogens is 272 g/mol. The van der Waals surface area contributed by atoms with Gasteiger partial charge in [0.1, 0.15) is 0 Å². The molecule has 0 aliphatic carbocycles. The molecule has 110 valence electrons. The smallest absolute Gasteiger partial charge is 0.154 e. The Hall–Kier alpha value is -0.870. The second kappa shape index (κ2) is 4.57. The Morgan fingerprint density at radius 3 is 2.50 bits per heavy atom. The van der Waals surface area contributed by atoms with Crippen LogP contribution in [-0.2, 0) is 6.42 Å². The van der Waals surface area contributed by atoms with Crippen LogP contribution in [0.4, 0.5) is 5.82 Å². The van der Waals surface area contributed by atoms with Crippen LogP contribution in [0.2, 0.25) is 5.15 Å². The first-order chi connectivity index (χ1) is 9.26. The standard InChI is InChI=1S/C15H23ClN4/c1-14(2)8-11(9-15(3,4)19-14)20-6-5-10-7-12(16)17-18-13(10)20/h7,11,19H,5-6,8-9H2,1-4H3. The Bertz CT molecular complexity index is 511. The minimum atomic E-state index is 0.148. The molecule has 3 rings (SSSR count). The summed E-state index contributed by atoms with van der Waals surface area (Å²) in [7, 11) is 0. The average Bonchev–Trinajstić information content (AvgIpc) is 2.67. The van der Waals surface area contributed by atoms with Crippen molar-refractivity contribution in [2.24, 2.45) is 0 Å². The zero-order chi connectivity index (χ0) is 14.5. The molecule has 0 radical (unpaired) electrons. The van der Waals surface area contributed by atoms with Gasteiger partial charge in [-0.25, -0.2) is 0 Å². The molecule has 20 heavy (non-hydrogen) atoms. The summed E-state index contributed by atoms with van der Waals surface area (Å²) in [5.74, 6) is 1.04. The van der Waals surface area contributed by atoms with Crippen LogP contribution in [0, 0.1) is 0 Å². The van der Waals surface area contributed by atoms with Crippen molar-refractivity contribution in [2.75, 3.05) is 11.4 Å². The predicted molar refractivity (Wildman–Crippen MR) is 82.4 cm³/mol. The lowest BCUT2D eigenvalue weighted by Crippen LogP contribution is -2.62. The van der Waals surface area contributed by atoms with Crippen molar-refractivity contribution < 1.29 is 0 Å². The van der Waals surface area contributed by atoms with Gasteiger partial charge in [0.05, 0.1) is 0 Å². The minimum Gasteiger partial charge on any atom is -0.351 e. The quantitative estimate of drug-likeness (QED) is 0.865. The van der Waals surface area contributed by atoms with Crippen molar-refractivity contribution in [2.45, 2.75) is 64.1 Å². The highest BCUT2D eigenvalue weighted by Gasteiger charge is 2.41. The largest absolute Gasteiger partial charge is 0.351 e. The van der Waals surface area contributed by atoms with Crippen LogP contribution in [-0.4, -0.2) is 33.9 Å². The van der Waals surface area contributed by atoms with Crippen molar-refractivity contribution in [3.8, 4) is 0 Å². The normalized spacial score (nSPS) is 24.8. The minimum absolute atomic E-state index is 0.148. The fraction of sp³-hybridized carbons (Fsp3) is 0.733. The van der Waals surface area contributed by atoms with Gasteiger partial charge in [-0.3, -0.25) is 0 Å². The number of nitrogens with zero attached hydrogens (tertiary/aromatic N) is 3. The third-order valence-corrected chi connectivity index (χ3v) is 4.51. The molecule has 0 unspecified atom stereocenters. The third kappa shape index (κ3) is 2.63. The highest BCUT2D eigenvalue weighted by Crippen LogP contribution is 2.37. The summed E-state index contributed by atoms with van der Waals surface area (Å²) in [4.78, 5) is 2.43. The van der Waals surface area contributed by atoms with E-state index in [1.54, 1.807) is 0 Å². The van der Waals surface area contributed by atoms with Crippen molar-refractivity contribution in [3.63, 3.8) is 0 Å². The number of nitrogens with one attached hydrogen (secondary N) is 1. The van der Waals surface area contributed by atoms with Crippen LogP contribution in [0.15, 0.2) is 6.07 Å². The van der Waals surface area contributed by atoms with E-state index in [0.29, 0.717) is 11.2 Å². The highest BCUT2D eigenvalue weighted by molar-refractivity contribution is 6.29. The number of rotatable bonds is 1. The van der Waals surface area contributed by atoms with Gasteiger partial charge in [0.25, 0.3) is 0 Å². The molecule has 0 amide bonds. The molecule has 1 aromatic heterocycles. The topological polar surface area (TPSA) is 41.1 Å². The summed E-state index contributed by atoms with van der Waals surface area (Å²) in [6, 6.07) is 2.47. The Morgan fingerprint density at radius 2 is 1.85 bits per heavy atom. The van der Waals surface area contributed by atoms with Gasteiger partial charge in [0.15, 0.2) is 11.0 Å². The second-order valence-electron chi connectivity index (χ2n) is 7.41. The maximum atomic E-state index is 5.95. The van der Waals surface area contributed by atoms with Gasteiger partial charge in [-0.15, -0.1) is 10.2 Å². The molecule has 0 spiro atoms. The van der Waals surface area contributed by atoms with E-state index in [2.05, 4.69) is 48.1 Å². The van der Waals surface area contributed by atoms with E-state index < -0.39 is 0 Å². The van der Waals surface area contributed by atoms with Gasteiger partial charge in [0.2, 0.25) is 0 Å². The SMILES string of the molecule is CC1(C)CC(N2CCc3cc(Cl)nnc32)CC(C)(C)N1. The Morgan fingerprint density at radius 1 is 1.20 bits per heavy atom. The van der Waals surface area contributed by atoms with E-state index in [9.17, 15) is 0 Å². The van der Waals surface area contributed by atoms with Gasteiger partial charge >= 0.3 is 0 Å². The fourth-order valence-electron chi connectivity index (χ4n) is 4.01. The van der Waals surface area contributed by atoms with Crippen LogP contribution < -0.4 is 10.2 Å².